The molecule has 38 heavy (non-hydrogen) atoms. The fourth-order valence-electron chi connectivity index (χ4n) is 4.88. The van der Waals surface area contributed by atoms with Crippen LogP contribution >= 0.6 is 11.8 Å². The second-order valence-electron chi connectivity index (χ2n) is 8.95. The minimum Gasteiger partial charge on any atom is -0.500 e. The van der Waals surface area contributed by atoms with E-state index in [9.17, 15) is 29.6 Å². The number of nitrogens with one attached hydrogen (secondary N) is 1. The highest BCUT2D eigenvalue weighted by Gasteiger charge is 2.47. The van der Waals surface area contributed by atoms with Gasteiger partial charge in [0.1, 0.15) is 12.5 Å². The molecule has 1 heterocycles. The van der Waals surface area contributed by atoms with Crippen LogP contribution in [0.25, 0.3) is 0 Å². The molecule has 3 rings (SSSR count). The second kappa shape index (κ2) is 12.3. The summed E-state index contributed by atoms with van der Waals surface area (Å²) in [4.78, 5) is 50.8. The Morgan fingerprint density at radius 1 is 1.29 bits per heavy atom. The molecule has 0 aromatic heterocycles. The second-order valence-corrected chi connectivity index (χ2v) is 10.3. The van der Waals surface area contributed by atoms with E-state index in [0.717, 1.165) is 11.8 Å². The Morgan fingerprint density at radius 2 is 2.00 bits per heavy atom. The average Bonchev–Trinajstić information content (AvgIpc) is 2.86. The van der Waals surface area contributed by atoms with Crippen LogP contribution in [0.4, 0.5) is 5.69 Å². The van der Waals surface area contributed by atoms with Crippen molar-refractivity contribution in [1.82, 2.24) is 5.32 Å². The molecule has 0 amide bonds. The molecule has 2 aliphatic rings. The van der Waals surface area contributed by atoms with Crippen LogP contribution < -0.4 is 10.1 Å². The highest BCUT2D eigenvalue weighted by Crippen LogP contribution is 2.48. The first-order valence-corrected chi connectivity index (χ1v) is 13.4. The van der Waals surface area contributed by atoms with Crippen LogP contribution in [0.5, 0.6) is 11.5 Å². The van der Waals surface area contributed by atoms with Gasteiger partial charge in [-0.2, -0.15) is 11.8 Å². The van der Waals surface area contributed by atoms with Crippen molar-refractivity contribution in [3.63, 3.8) is 0 Å². The number of ketones is 1. The molecule has 0 radical (unpaired) electrons. The minimum absolute atomic E-state index is 0.0826. The van der Waals surface area contributed by atoms with Crippen LogP contribution in [0.15, 0.2) is 34.7 Å². The van der Waals surface area contributed by atoms with Gasteiger partial charge in [-0.05, 0) is 43.6 Å². The number of carbonyl (C=O) groups excluding carboxylic acids is 3. The molecule has 2 N–H and O–H groups in total. The number of ether oxygens (including phenoxy) is 3. The van der Waals surface area contributed by atoms with Crippen LogP contribution in [-0.2, 0) is 23.9 Å². The molecule has 11 nitrogen and oxygen atoms in total. The van der Waals surface area contributed by atoms with Gasteiger partial charge in [-0.15, -0.1) is 0 Å². The van der Waals surface area contributed by atoms with Crippen molar-refractivity contribution in [2.75, 3.05) is 31.8 Å². The molecule has 0 unspecified atom stereocenters. The van der Waals surface area contributed by atoms with E-state index in [1.54, 1.807) is 32.5 Å². The average molecular weight is 549 g/mol. The Kier molecular flexibility index (Phi) is 9.42. The summed E-state index contributed by atoms with van der Waals surface area (Å²) in [5.74, 6) is -3.96. The first-order valence-electron chi connectivity index (χ1n) is 12.3. The zero-order valence-electron chi connectivity index (χ0n) is 22.0. The van der Waals surface area contributed by atoms with Gasteiger partial charge in [-0.1, -0.05) is 13.8 Å². The standard InChI is InChI=1S/C26H32N2O9S/c1-6-36-18-12-15(11-17(23(18)29)28(33)34)21-20(26(32)37-8-9-38-7-2)14(4)27-16-10-13(3)19(25(31)35-5)24(30)22(16)21/h11-13,19,21,27,29H,6-10H2,1-5H3/t13-,19-,21+/m0/s1. The predicted molar refractivity (Wildman–Crippen MR) is 140 cm³/mol. The quantitative estimate of drug-likeness (QED) is 0.145. The van der Waals surface area contributed by atoms with Gasteiger partial charge in [0.15, 0.2) is 11.5 Å². The SMILES string of the molecule is CCOc1cc([C@@H]2C(C(=O)OCCSCC)=C(C)NC3=C2C(=O)[C@@H](C(=O)OC)[C@@H](C)C3)cc([N+](=O)[O-])c1O. The molecule has 206 valence electrons. The number of rotatable bonds is 10. The topological polar surface area (TPSA) is 154 Å². The molecule has 1 aliphatic carbocycles. The molecule has 0 spiro atoms. The molecule has 3 atom stereocenters. The summed E-state index contributed by atoms with van der Waals surface area (Å²) in [6.45, 7) is 7.28. The van der Waals surface area contributed by atoms with Crippen molar-refractivity contribution >= 4 is 35.2 Å². The largest absolute Gasteiger partial charge is 0.500 e. The molecular weight excluding hydrogens is 516 g/mol. The number of hydrogen-bond acceptors (Lipinski definition) is 11. The summed E-state index contributed by atoms with van der Waals surface area (Å²) >= 11 is 1.59. The van der Waals surface area contributed by atoms with E-state index in [1.165, 1.54) is 13.2 Å². The number of nitro groups is 1. The predicted octanol–water partition coefficient (Wildman–Crippen LogP) is 3.61. The number of carbonyl (C=O) groups is 3. The third kappa shape index (κ3) is 5.64. The van der Waals surface area contributed by atoms with Gasteiger partial charge in [0.05, 0.1) is 24.2 Å². The summed E-state index contributed by atoms with van der Waals surface area (Å²) in [5.41, 5.74) is 0.676. The Morgan fingerprint density at radius 3 is 2.61 bits per heavy atom. The molecule has 12 heteroatoms. The van der Waals surface area contributed by atoms with E-state index < -0.39 is 45.9 Å². The van der Waals surface area contributed by atoms with E-state index in [-0.39, 0.29) is 41.6 Å². The van der Waals surface area contributed by atoms with Crippen LogP contribution in [0.2, 0.25) is 0 Å². The van der Waals surface area contributed by atoms with E-state index in [0.29, 0.717) is 23.6 Å². The number of phenols is 1. The van der Waals surface area contributed by atoms with Crippen molar-refractivity contribution in [2.45, 2.75) is 40.0 Å². The molecule has 1 aromatic carbocycles. The van der Waals surface area contributed by atoms with Gasteiger partial charge in [0, 0.05) is 34.7 Å². The van der Waals surface area contributed by atoms with E-state index in [4.69, 9.17) is 14.2 Å². The van der Waals surface area contributed by atoms with Gasteiger partial charge < -0.3 is 24.6 Å². The Hall–Kier alpha value is -3.54. The number of benzene rings is 1. The Balaban J connectivity index is 2.24. The molecule has 1 aromatic rings. The maximum absolute atomic E-state index is 13.8. The Bertz CT molecular complexity index is 1210. The van der Waals surface area contributed by atoms with Crippen LogP contribution in [0, 0.1) is 22.0 Å². The molecule has 0 fully saturated rings. The van der Waals surface area contributed by atoms with Crippen molar-refractivity contribution in [3.8, 4) is 11.5 Å². The number of methoxy groups -OCH3 is 1. The van der Waals surface area contributed by atoms with Gasteiger partial charge in [0.25, 0.3) is 0 Å². The number of nitrogens with zero attached hydrogens (tertiary/aromatic N) is 1. The Labute approximate surface area is 224 Å². The maximum atomic E-state index is 13.8. The summed E-state index contributed by atoms with van der Waals surface area (Å²) < 4.78 is 15.9. The number of Topliss-reactive ketones (excluding diaryl/α,β-unsaturated/α-hetero) is 1. The van der Waals surface area contributed by atoms with E-state index >= 15 is 0 Å². The zero-order chi connectivity index (χ0) is 28.1. The maximum Gasteiger partial charge on any atom is 0.336 e. The highest BCUT2D eigenvalue weighted by molar-refractivity contribution is 7.99. The van der Waals surface area contributed by atoms with Crippen molar-refractivity contribution in [1.29, 1.82) is 0 Å². The van der Waals surface area contributed by atoms with Crippen molar-refractivity contribution in [3.05, 3.63) is 50.4 Å². The number of hydrogen-bond donors (Lipinski definition) is 2. The van der Waals surface area contributed by atoms with Gasteiger partial charge in [-0.25, -0.2) is 4.79 Å². The van der Waals surface area contributed by atoms with Crippen LogP contribution in [0.1, 0.15) is 45.6 Å². The normalized spacial score (nSPS) is 21.0. The molecular formula is C26H32N2O9S. The lowest BCUT2D eigenvalue weighted by Gasteiger charge is -2.38. The summed E-state index contributed by atoms with van der Waals surface area (Å²) in [6.07, 6.45) is 0.308. The van der Waals surface area contributed by atoms with Crippen molar-refractivity contribution < 1.29 is 38.6 Å². The minimum atomic E-state index is -1.11. The molecule has 0 saturated carbocycles. The first-order chi connectivity index (χ1) is 18.1. The number of allylic oxidation sites excluding steroid dienone is 3. The van der Waals surface area contributed by atoms with E-state index in [2.05, 4.69) is 5.32 Å². The van der Waals surface area contributed by atoms with E-state index in [1.807, 2.05) is 6.92 Å². The van der Waals surface area contributed by atoms with Crippen LogP contribution in [-0.4, -0.2) is 59.6 Å². The number of thioether (sulfide) groups is 1. The number of phenolic OH excluding ortho intramolecular Hbond substituents is 1. The highest BCUT2D eigenvalue weighted by atomic mass is 32.2. The fraction of sp³-hybridized carbons (Fsp3) is 0.500. The smallest absolute Gasteiger partial charge is 0.336 e. The number of dihydropyridines is 1. The molecule has 0 bridgehead atoms. The third-order valence-corrected chi connectivity index (χ3v) is 7.40. The lowest BCUT2D eigenvalue weighted by molar-refractivity contribution is -0.386. The van der Waals surface area contributed by atoms with Gasteiger partial charge in [-0.3, -0.25) is 19.7 Å². The molecule has 1 aliphatic heterocycles. The first kappa shape index (κ1) is 29.0. The zero-order valence-corrected chi connectivity index (χ0v) is 22.8. The lowest BCUT2D eigenvalue weighted by Crippen LogP contribution is -2.43. The summed E-state index contributed by atoms with van der Waals surface area (Å²) in [7, 11) is 1.20. The van der Waals surface area contributed by atoms with Gasteiger partial charge in [0.2, 0.25) is 5.75 Å². The monoisotopic (exact) mass is 548 g/mol. The van der Waals surface area contributed by atoms with Gasteiger partial charge >= 0.3 is 17.6 Å². The summed E-state index contributed by atoms with van der Waals surface area (Å²) in [5, 5.41) is 25.4. The fourth-order valence-corrected chi connectivity index (χ4v) is 5.37. The lowest BCUT2D eigenvalue weighted by atomic mass is 9.69. The molecule has 0 saturated heterocycles. The third-order valence-electron chi connectivity index (χ3n) is 6.53. The summed E-state index contributed by atoms with van der Waals surface area (Å²) in [6, 6.07) is 2.49. The number of esters is 2. The van der Waals surface area contributed by atoms with Crippen LogP contribution in [0.3, 0.4) is 0 Å². The number of nitro benzene ring substituents is 1. The number of aromatic hydroxyl groups is 1. The van der Waals surface area contributed by atoms with Crippen molar-refractivity contribution in [2.24, 2.45) is 11.8 Å².